The molecular weight excluding hydrogens is 487 g/mol. The van der Waals surface area contributed by atoms with Crippen LogP contribution in [0.4, 0.5) is 10.1 Å². The third-order valence-corrected chi connectivity index (χ3v) is 8.62. The van der Waals surface area contributed by atoms with E-state index in [4.69, 9.17) is 4.74 Å². The Morgan fingerprint density at radius 1 is 0.923 bits per heavy atom. The maximum atomic E-state index is 12.6. The Hall–Kier alpha value is -3.31. The summed E-state index contributed by atoms with van der Waals surface area (Å²) in [4.78, 5) is 4.76. The van der Waals surface area contributed by atoms with Gasteiger partial charge in [0, 0.05) is 38.4 Å². The molecular formula is C34H39FN2O2. The SMILES string of the molecule is CCN1CCc2cc(C3=C(c4ccc(O[C@H]5CCN(CCCF)C5)cc4)c4ccc(O)cc4CCC3)ccc21. The average Bonchev–Trinajstić information content (AvgIpc) is 3.53. The minimum absolute atomic E-state index is 0.154. The number of hydrogen-bond acceptors (Lipinski definition) is 4. The van der Waals surface area contributed by atoms with Crippen LogP contribution in [-0.4, -0.2) is 55.5 Å². The molecule has 0 amide bonds. The molecule has 39 heavy (non-hydrogen) atoms. The van der Waals surface area contributed by atoms with Gasteiger partial charge in [0.2, 0.25) is 0 Å². The van der Waals surface area contributed by atoms with Gasteiger partial charge in [-0.15, -0.1) is 0 Å². The van der Waals surface area contributed by atoms with Crippen molar-refractivity contribution >= 4 is 16.8 Å². The minimum atomic E-state index is -0.257. The Balaban J connectivity index is 1.34. The molecule has 1 atom stereocenters. The lowest BCUT2D eigenvalue weighted by atomic mass is 9.87. The molecule has 2 aliphatic heterocycles. The normalized spacial score (nSPS) is 19.2. The lowest BCUT2D eigenvalue weighted by Crippen LogP contribution is -2.26. The number of ether oxygens (including phenoxy) is 1. The summed E-state index contributed by atoms with van der Waals surface area (Å²) in [6, 6.07) is 21.4. The van der Waals surface area contributed by atoms with E-state index >= 15 is 0 Å². The van der Waals surface area contributed by atoms with Crippen LogP contribution < -0.4 is 9.64 Å². The molecule has 1 saturated heterocycles. The van der Waals surface area contributed by atoms with Crippen molar-refractivity contribution in [1.82, 2.24) is 4.90 Å². The average molecular weight is 527 g/mol. The van der Waals surface area contributed by atoms with E-state index in [2.05, 4.69) is 65.3 Å². The molecule has 6 rings (SSSR count). The topological polar surface area (TPSA) is 35.9 Å². The molecule has 3 aliphatic rings. The smallest absolute Gasteiger partial charge is 0.119 e. The predicted molar refractivity (Wildman–Crippen MR) is 158 cm³/mol. The number of halogens is 1. The van der Waals surface area contributed by atoms with Gasteiger partial charge < -0.3 is 14.7 Å². The molecule has 1 aliphatic carbocycles. The summed E-state index contributed by atoms with van der Waals surface area (Å²) in [5.41, 5.74) is 10.4. The van der Waals surface area contributed by atoms with Gasteiger partial charge >= 0.3 is 0 Å². The maximum Gasteiger partial charge on any atom is 0.119 e. The minimum Gasteiger partial charge on any atom is -0.508 e. The van der Waals surface area contributed by atoms with Crippen LogP contribution in [0.15, 0.2) is 60.7 Å². The molecule has 204 valence electrons. The fourth-order valence-electron chi connectivity index (χ4n) is 6.65. The second-order valence-electron chi connectivity index (χ2n) is 11.1. The van der Waals surface area contributed by atoms with E-state index in [1.165, 1.54) is 44.7 Å². The first-order valence-electron chi connectivity index (χ1n) is 14.6. The van der Waals surface area contributed by atoms with E-state index < -0.39 is 0 Å². The number of likely N-dealkylation sites (N-methyl/N-ethyl adjacent to an activating group) is 1. The number of allylic oxidation sites excluding steroid dienone is 1. The second-order valence-corrected chi connectivity index (χ2v) is 11.1. The molecule has 1 N–H and O–H groups in total. The Morgan fingerprint density at radius 3 is 2.59 bits per heavy atom. The van der Waals surface area contributed by atoms with Crippen LogP contribution in [0, 0.1) is 0 Å². The van der Waals surface area contributed by atoms with E-state index in [0.29, 0.717) is 12.2 Å². The first-order valence-corrected chi connectivity index (χ1v) is 14.6. The van der Waals surface area contributed by atoms with E-state index in [9.17, 15) is 9.50 Å². The van der Waals surface area contributed by atoms with Crippen LogP contribution in [0.5, 0.6) is 11.5 Å². The number of nitrogens with zero attached hydrogens (tertiary/aromatic N) is 2. The molecule has 0 saturated carbocycles. The van der Waals surface area contributed by atoms with Crippen molar-refractivity contribution in [3.8, 4) is 11.5 Å². The first kappa shape index (κ1) is 25.9. The van der Waals surface area contributed by atoms with Crippen LogP contribution in [0.25, 0.3) is 11.1 Å². The van der Waals surface area contributed by atoms with Crippen molar-refractivity contribution in [2.24, 2.45) is 0 Å². The summed E-state index contributed by atoms with van der Waals surface area (Å²) in [5, 5.41) is 10.3. The molecule has 0 spiro atoms. The molecule has 3 aromatic carbocycles. The van der Waals surface area contributed by atoms with Gasteiger partial charge in [0.05, 0.1) is 6.67 Å². The largest absolute Gasteiger partial charge is 0.508 e. The van der Waals surface area contributed by atoms with Crippen LogP contribution in [0.3, 0.4) is 0 Å². The predicted octanol–water partition coefficient (Wildman–Crippen LogP) is 6.88. The maximum absolute atomic E-state index is 12.6. The van der Waals surface area contributed by atoms with Gasteiger partial charge in [0.25, 0.3) is 0 Å². The van der Waals surface area contributed by atoms with Crippen molar-refractivity contribution in [2.45, 2.75) is 51.6 Å². The zero-order chi connectivity index (χ0) is 26.8. The number of phenols is 1. The molecule has 5 heteroatoms. The van der Waals surface area contributed by atoms with Crippen LogP contribution >= 0.6 is 0 Å². The summed E-state index contributed by atoms with van der Waals surface area (Å²) < 4.78 is 18.9. The lowest BCUT2D eigenvalue weighted by molar-refractivity contribution is 0.198. The molecule has 0 bridgehead atoms. The number of aryl methyl sites for hydroxylation is 1. The molecule has 1 fully saturated rings. The van der Waals surface area contributed by atoms with E-state index in [0.717, 1.165) is 70.6 Å². The fourth-order valence-corrected chi connectivity index (χ4v) is 6.65. The highest BCUT2D eigenvalue weighted by molar-refractivity contribution is 6.00. The lowest BCUT2D eigenvalue weighted by Gasteiger charge is -2.20. The molecule has 0 aromatic heterocycles. The van der Waals surface area contributed by atoms with Crippen molar-refractivity contribution in [2.75, 3.05) is 44.3 Å². The number of alkyl halides is 1. The summed E-state index contributed by atoms with van der Waals surface area (Å²) >= 11 is 0. The Labute approximate surface area is 231 Å². The molecule has 0 unspecified atom stereocenters. The molecule has 3 aromatic rings. The van der Waals surface area contributed by atoms with Gasteiger partial charge in [-0.3, -0.25) is 9.29 Å². The summed E-state index contributed by atoms with van der Waals surface area (Å²) in [5.74, 6) is 1.21. The number of hydrogen-bond donors (Lipinski definition) is 1. The third kappa shape index (κ3) is 5.42. The summed E-state index contributed by atoms with van der Waals surface area (Å²) in [6.07, 6.45) is 5.83. The zero-order valence-electron chi connectivity index (χ0n) is 23.0. The quantitative estimate of drug-likeness (QED) is 0.347. The first-order chi connectivity index (χ1) is 19.1. The second kappa shape index (κ2) is 11.4. The molecule has 4 nitrogen and oxygen atoms in total. The van der Waals surface area contributed by atoms with E-state index in [1.54, 1.807) is 0 Å². The van der Waals surface area contributed by atoms with Crippen molar-refractivity contribution in [3.63, 3.8) is 0 Å². The number of likely N-dealkylation sites (tertiary alicyclic amines) is 1. The molecule has 2 heterocycles. The number of phenolic OH excluding ortho intramolecular Hbond substituents is 1. The van der Waals surface area contributed by atoms with Crippen molar-refractivity contribution in [1.29, 1.82) is 0 Å². The van der Waals surface area contributed by atoms with Crippen molar-refractivity contribution in [3.05, 3.63) is 88.5 Å². The van der Waals surface area contributed by atoms with Gasteiger partial charge in [-0.1, -0.05) is 24.3 Å². The number of anilines is 1. The standard InChI is InChI=1S/C34H39FN2O2/c1-2-37-20-15-27-21-26(9-14-33(27)37)31-6-3-5-25-22-28(38)10-13-32(25)34(31)24-7-11-29(12-8-24)39-30-16-19-36(23-30)18-4-17-35/h7-14,21-22,30,38H,2-6,15-20,23H2,1H3/t30-/m0/s1. The number of aromatic hydroxyl groups is 1. The van der Waals surface area contributed by atoms with Gasteiger partial charge in [0.1, 0.15) is 17.6 Å². The van der Waals surface area contributed by atoms with Crippen LogP contribution in [0.1, 0.15) is 60.4 Å². The van der Waals surface area contributed by atoms with Crippen LogP contribution in [0.2, 0.25) is 0 Å². The third-order valence-electron chi connectivity index (χ3n) is 8.62. The highest BCUT2D eigenvalue weighted by Crippen LogP contribution is 2.42. The summed E-state index contributed by atoms with van der Waals surface area (Å²) in [6.45, 7) is 6.75. The monoisotopic (exact) mass is 526 g/mol. The highest BCUT2D eigenvalue weighted by Gasteiger charge is 2.25. The number of fused-ring (bicyclic) bond motifs is 2. The molecule has 0 radical (unpaired) electrons. The zero-order valence-corrected chi connectivity index (χ0v) is 23.0. The Morgan fingerprint density at radius 2 is 1.77 bits per heavy atom. The number of rotatable bonds is 8. The van der Waals surface area contributed by atoms with Gasteiger partial charge in [-0.05, 0) is 121 Å². The van der Waals surface area contributed by atoms with E-state index in [-0.39, 0.29) is 12.8 Å². The Bertz CT molecular complexity index is 1350. The number of benzene rings is 3. The highest BCUT2D eigenvalue weighted by atomic mass is 19.1. The van der Waals surface area contributed by atoms with Crippen LogP contribution in [-0.2, 0) is 12.8 Å². The summed E-state index contributed by atoms with van der Waals surface area (Å²) in [7, 11) is 0. The van der Waals surface area contributed by atoms with E-state index in [1.807, 2.05) is 12.1 Å². The van der Waals surface area contributed by atoms with Crippen molar-refractivity contribution < 1.29 is 14.2 Å². The van der Waals surface area contributed by atoms with Gasteiger partial charge in [0.15, 0.2) is 0 Å². The fraction of sp³-hybridized carbons (Fsp3) is 0.412. The van der Waals surface area contributed by atoms with Gasteiger partial charge in [-0.2, -0.15) is 0 Å². The van der Waals surface area contributed by atoms with Gasteiger partial charge in [-0.25, -0.2) is 0 Å². The Kier molecular flexibility index (Phi) is 7.60.